The van der Waals surface area contributed by atoms with Crippen LogP contribution in [-0.4, -0.2) is 23.5 Å². The number of H-pyrrole nitrogens is 1. The summed E-state index contributed by atoms with van der Waals surface area (Å²) < 4.78 is 0. The van der Waals surface area contributed by atoms with E-state index in [0.717, 1.165) is 19.5 Å². The number of aromatic amines is 1. The third-order valence-electron chi connectivity index (χ3n) is 3.64. The number of benzene rings is 2. The first-order valence-electron chi connectivity index (χ1n) is 7.10. The lowest BCUT2D eigenvalue weighted by Gasteiger charge is -2.16. The van der Waals surface area contributed by atoms with Crippen molar-refractivity contribution >= 4 is 10.9 Å². The number of para-hydroxylation sites is 1. The van der Waals surface area contributed by atoms with Crippen LogP contribution in [0, 0.1) is 0 Å². The highest BCUT2D eigenvalue weighted by atomic mass is 15.1. The summed E-state index contributed by atoms with van der Waals surface area (Å²) >= 11 is 0. The number of likely N-dealkylation sites (N-methyl/N-ethyl adjacent to an activating group) is 1. The summed E-state index contributed by atoms with van der Waals surface area (Å²) in [6.07, 6.45) is 1.05. The van der Waals surface area contributed by atoms with Crippen molar-refractivity contribution < 1.29 is 0 Å². The van der Waals surface area contributed by atoms with Crippen LogP contribution in [0.15, 0.2) is 60.7 Å². The van der Waals surface area contributed by atoms with Crippen LogP contribution in [0.3, 0.4) is 0 Å². The first-order valence-corrected chi connectivity index (χ1v) is 7.10. The van der Waals surface area contributed by atoms with Crippen LogP contribution in [0.25, 0.3) is 10.9 Å². The molecule has 0 fully saturated rings. The van der Waals surface area contributed by atoms with Gasteiger partial charge in [-0.15, -0.1) is 0 Å². The summed E-state index contributed by atoms with van der Waals surface area (Å²) in [5.74, 6) is 0. The largest absolute Gasteiger partial charge is 0.358 e. The van der Waals surface area contributed by atoms with Gasteiger partial charge in [0.2, 0.25) is 0 Å². The van der Waals surface area contributed by atoms with Crippen LogP contribution in [0.5, 0.6) is 0 Å². The normalized spacial score (nSPS) is 11.3. The van der Waals surface area contributed by atoms with E-state index < -0.39 is 0 Å². The molecule has 3 rings (SSSR count). The van der Waals surface area contributed by atoms with Crippen LogP contribution in [0.2, 0.25) is 0 Å². The Morgan fingerprint density at radius 1 is 0.950 bits per heavy atom. The van der Waals surface area contributed by atoms with E-state index in [-0.39, 0.29) is 0 Å². The van der Waals surface area contributed by atoms with Gasteiger partial charge in [-0.25, -0.2) is 0 Å². The quantitative estimate of drug-likeness (QED) is 0.741. The third kappa shape index (κ3) is 3.09. The molecule has 2 heteroatoms. The van der Waals surface area contributed by atoms with Crippen molar-refractivity contribution in [3.8, 4) is 0 Å². The molecular formula is C18H20N2. The Bertz CT molecular complexity index is 637. The highest BCUT2D eigenvalue weighted by Crippen LogP contribution is 2.15. The number of nitrogens with one attached hydrogen (secondary N) is 1. The van der Waals surface area contributed by atoms with E-state index in [0.29, 0.717) is 0 Å². The van der Waals surface area contributed by atoms with Gasteiger partial charge in [-0.05, 0) is 30.1 Å². The summed E-state index contributed by atoms with van der Waals surface area (Å²) in [6.45, 7) is 2.06. The maximum Gasteiger partial charge on any atom is 0.0456 e. The molecule has 0 saturated heterocycles. The molecule has 2 aromatic carbocycles. The van der Waals surface area contributed by atoms with E-state index in [1.54, 1.807) is 0 Å². The average Bonchev–Trinajstić information content (AvgIpc) is 2.89. The molecule has 20 heavy (non-hydrogen) atoms. The summed E-state index contributed by atoms with van der Waals surface area (Å²) in [4.78, 5) is 5.85. The van der Waals surface area contributed by atoms with Gasteiger partial charge in [0.1, 0.15) is 0 Å². The van der Waals surface area contributed by atoms with Gasteiger partial charge in [0, 0.05) is 30.7 Å². The van der Waals surface area contributed by atoms with Crippen LogP contribution in [0.1, 0.15) is 11.3 Å². The Balaban J connectivity index is 1.58. The van der Waals surface area contributed by atoms with Crippen molar-refractivity contribution in [2.75, 3.05) is 13.6 Å². The van der Waals surface area contributed by atoms with Crippen LogP contribution in [-0.2, 0) is 13.0 Å². The van der Waals surface area contributed by atoms with E-state index >= 15 is 0 Å². The lowest BCUT2D eigenvalue weighted by atomic mass is 10.2. The Morgan fingerprint density at radius 2 is 1.70 bits per heavy atom. The number of aromatic nitrogens is 1. The predicted octanol–water partition coefficient (Wildman–Crippen LogP) is 3.84. The lowest BCUT2D eigenvalue weighted by Crippen LogP contribution is -2.20. The zero-order chi connectivity index (χ0) is 13.8. The maximum atomic E-state index is 3.49. The molecule has 0 spiro atoms. The molecule has 3 aromatic rings. The molecule has 2 nitrogen and oxygen atoms in total. The molecule has 0 aliphatic rings. The minimum absolute atomic E-state index is 1.00. The Kier molecular flexibility index (Phi) is 3.84. The van der Waals surface area contributed by atoms with Gasteiger partial charge in [0.05, 0.1) is 0 Å². The highest BCUT2D eigenvalue weighted by Gasteiger charge is 2.03. The molecule has 0 aliphatic heterocycles. The zero-order valence-corrected chi connectivity index (χ0v) is 11.8. The topological polar surface area (TPSA) is 19.0 Å². The molecule has 0 saturated carbocycles. The van der Waals surface area contributed by atoms with E-state index in [2.05, 4.69) is 77.6 Å². The van der Waals surface area contributed by atoms with Gasteiger partial charge in [-0.1, -0.05) is 48.5 Å². The molecule has 0 amide bonds. The number of nitrogens with zero attached hydrogens (tertiary/aromatic N) is 1. The zero-order valence-electron chi connectivity index (χ0n) is 11.8. The highest BCUT2D eigenvalue weighted by molar-refractivity contribution is 5.80. The van der Waals surface area contributed by atoms with Crippen LogP contribution in [0.4, 0.5) is 0 Å². The second-order valence-corrected chi connectivity index (χ2v) is 5.36. The van der Waals surface area contributed by atoms with Gasteiger partial charge in [0.25, 0.3) is 0 Å². The molecular weight excluding hydrogens is 244 g/mol. The molecule has 102 valence electrons. The molecule has 0 aliphatic carbocycles. The fraction of sp³-hybridized carbons (Fsp3) is 0.222. The molecule has 1 heterocycles. The van der Waals surface area contributed by atoms with Crippen molar-refractivity contribution in [1.82, 2.24) is 9.88 Å². The van der Waals surface area contributed by atoms with Crippen molar-refractivity contribution in [2.24, 2.45) is 0 Å². The summed E-state index contributed by atoms with van der Waals surface area (Å²) in [5.41, 5.74) is 3.91. The maximum absolute atomic E-state index is 3.49. The predicted molar refractivity (Wildman–Crippen MR) is 84.8 cm³/mol. The Hall–Kier alpha value is -2.06. The van der Waals surface area contributed by atoms with Gasteiger partial charge >= 0.3 is 0 Å². The third-order valence-corrected chi connectivity index (χ3v) is 3.64. The summed E-state index contributed by atoms with van der Waals surface area (Å²) in [7, 11) is 2.18. The Labute approximate surface area is 120 Å². The van der Waals surface area contributed by atoms with Gasteiger partial charge in [-0.2, -0.15) is 0 Å². The van der Waals surface area contributed by atoms with Gasteiger partial charge < -0.3 is 9.88 Å². The first kappa shape index (κ1) is 12.9. The average molecular weight is 264 g/mol. The minimum atomic E-state index is 1.00. The van der Waals surface area contributed by atoms with E-state index in [1.165, 1.54) is 22.2 Å². The van der Waals surface area contributed by atoms with E-state index in [4.69, 9.17) is 0 Å². The van der Waals surface area contributed by atoms with Crippen molar-refractivity contribution in [1.29, 1.82) is 0 Å². The number of hydrogen-bond acceptors (Lipinski definition) is 1. The number of fused-ring (bicyclic) bond motifs is 1. The summed E-state index contributed by atoms with van der Waals surface area (Å²) in [6, 6.07) is 21.3. The van der Waals surface area contributed by atoms with Gasteiger partial charge in [0.15, 0.2) is 0 Å². The first-order chi connectivity index (χ1) is 9.81. The van der Waals surface area contributed by atoms with Crippen LogP contribution >= 0.6 is 0 Å². The number of hydrogen-bond donors (Lipinski definition) is 1. The molecule has 0 radical (unpaired) electrons. The van der Waals surface area contributed by atoms with Crippen molar-refractivity contribution in [3.63, 3.8) is 0 Å². The van der Waals surface area contributed by atoms with E-state index in [9.17, 15) is 0 Å². The molecule has 0 unspecified atom stereocenters. The van der Waals surface area contributed by atoms with Crippen LogP contribution < -0.4 is 0 Å². The van der Waals surface area contributed by atoms with Crippen molar-refractivity contribution in [3.05, 3.63) is 71.9 Å². The Morgan fingerprint density at radius 3 is 2.50 bits per heavy atom. The number of rotatable bonds is 5. The smallest absolute Gasteiger partial charge is 0.0456 e. The van der Waals surface area contributed by atoms with Gasteiger partial charge in [-0.3, -0.25) is 0 Å². The lowest BCUT2D eigenvalue weighted by molar-refractivity contribution is 0.330. The second kappa shape index (κ2) is 5.93. The van der Waals surface area contributed by atoms with Crippen molar-refractivity contribution in [2.45, 2.75) is 13.0 Å². The minimum Gasteiger partial charge on any atom is -0.358 e. The molecule has 1 N–H and O–H groups in total. The standard InChI is InChI=1S/C18H20N2/c1-20(14-15-7-3-2-4-8-15)12-11-17-13-16-9-5-6-10-18(16)19-17/h2-10,13,19H,11-12,14H2,1H3. The van der Waals surface area contributed by atoms with E-state index in [1.807, 2.05) is 0 Å². The SMILES string of the molecule is CN(CCc1cc2ccccc2[nH]1)Cc1ccccc1. The molecule has 1 aromatic heterocycles. The fourth-order valence-corrected chi connectivity index (χ4v) is 2.55. The fourth-order valence-electron chi connectivity index (χ4n) is 2.55. The molecule has 0 atom stereocenters. The molecule has 0 bridgehead atoms. The second-order valence-electron chi connectivity index (χ2n) is 5.36. The monoisotopic (exact) mass is 264 g/mol. The summed E-state index contributed by atoms with van der Waals surface area (Å²) in [5, 5.41) is 1.30.